The highest BCUT2D eigenvalue weighted by atomic mass is 19.4. The van der Waals surface area contributed by atoms with Gasteiger partial charge in [0, 0.05) is 19.1 Å². The van der Waals surface area contributed by atoms with Crippen molar-refractivity contribution in [2.24, 2.45) is 0 Å². The minimum Gasteiger partial charge on any atom is -0.450 e. The third-order valence-electron chi connectivity index (χ3n) is 4.54. The van der Waals surface area contributed by atoms with E-state index in [0.717, 1.165) is 12.5 Å². The third kappa shape index (κ3) is 2.55. The van der Waals surface area contributed by atoms with Crippen molar-refractivity contribution in [3.05, 3.63) is 23.8 Å². The lowest BCUT2D eigenvalue weighted by Gasteiger charge is -2.17. The molecule has 1 aliphatic rings. The average Bonchev–Trinajstić information content (AvgIpc) is 3.17. The van der Waals surface area contributed by atoms with Gasteiger partial charge in [-0.3, -0.25) is 0 Å². The molecule has 0 bridgehead atoms. The molecule has 0 spiro atoms. The molecule has 0 amide bonds. The molecule has 0 aliphatic carbocycles. The van der Waals surface area contributed by atoms with Crippen LogP contribution in [0.5, 0.6) is 0 Å². The van der Waals surface area contributed by atoms with Crippen molar-refractivity contribution >= 4 is 33.8 Å². The van der Waals surface area contributed by atoms with E-state index < -0.39 is 11.7 Å². The van der Waals surface area contributed by atoms with Gasteiger partial charge in [0.25, 0.3) is 0 Å². The zero-order chi connectivity index (χ0) is 17.8. The van der Waals surface area contributed by atoms with Crippen molar-refractivity contribution in [2.75, 3.05) is 30.8 Å². The fraction of sp³-hybridized carbons (Fsp3) is 0.375. The number of hydrogen-bond donors (Lipinski definition) is 2. The molecule has 1 atom stereocenters. The topological polar surface area (TPSA) is 80.2 Å². The summed E-state index contributed by atoms with van der Waals surface area (Å²) < 4.78 is 45.9. The van der Waals surface area contributed by atoms with Gasteiger partial charge >= 0.3 is 6.18 Å². The number of nitrogens with zero attached hydrogens (tertiary/aromatic N) is 3. The summed E-state index contributed by atoms with van der Waals surface area (Å²) in [5.74, 6) is 0.361. The lowest BCUT2D eigenvalue weighted by atomic mass is 10.1. The third-order valence-corrected chi connectivity index (χ3v) is 4.54. The van der Waals surface area contributed by atoms with Crippen molar-refractivity contribution in [1.29, 1.82) is 0 Å². The summed E-state index contributed by atoms with van der Waals surface area (Å²) in [4.78, 5) is 10.2. The van der Waals surface area contributed by atoms with Gasteiger partial charge in [-0.25, -0.2) is 4.98 Å². The molecule has 1 fully saturated rings. The van der Waals surface area contributed by atoms with Gasteiger partial charge < -0.3 is 20.4 Å². The molecule has 1 saturated heterocycles. The highest BCUT2D eigenvalue weighted by Gasteiger charge is 2.35. The van der Waals surface area contributed by atoms with Crippen LogP contribution in [0.3, 0.4) is 0 Å². The molecule has 3 N–H and O–H groups in total. The first-order chi connectivity index (χ1) is 11.9. The number of aromatic nitrogens is 2. The molecular weight excluding hydrogens is 335 g/mol. The highest BCUT2D eigenvalue weighted by Crippen LogP contribution is 2.41. The predicted molar refractivity (Wildman–Crippen MR) is 88.4 cm³/mol. The van der Waals surface area contributed by atoms with E-state index in [9.17, 15) is 13.2 Å². The second-order valence-corrected chi connectivity index (χ2v) is 6.08. The number of nitrogens with one attached hydrogen (secondary N) is 1. The summed E-state index contributed by atoms with van der Waals surface area (Å²) >= 11 is 0. The van der Waals surface area contributed by atoms with E-state index in [2.05, 4.69) is 15.3 Å². The summed E-state index contributed by atoms with van der Waals surface area (Å²) in [6.45, 7) is 1.38. The van der Waals surface area contributed by atoms with Crippen LogP contribution in [0.15, 0.2) is 22.6 Å². The van der Waals surface area contributed by atoms with Gasteiger partial charge in [-0.2, -0.15) is 18.2 Å². The van der Waals surface area contributed by atoms with E-state index in [4.69, 9.17) is 10.2 Å². The Balaban J connectivity index is 1.98. The first-order valence-electron chi connectivity index (χ1n) is 7.86. The van der Waals surface area contributed by atoms with Crippen molar-refractivity contribution in [2.45, 2.75) is 18.6 Å². The quantitative estimate of drug-likeness (QED) is 0.739. The van der Waals surface area contributed by atoms with Crippen molar-refractivity contribution in [1.82, 2.24) is 15.3 Å². The maximum Gasteiger partial charge on any atom is 0.417 e. The Morgan fingerprint density at radius 1 is 1.32 bits per heavy atom. The number of nitrogen functional groups attached to an aromatic ring is 1. The van der Waals surface area contributed by atoms with Crippen LogP contribution in [0, 0.1) is 0 Å². The van der Waals surface area contributed by atoms with Crippen molar-refractivity contribution in [3.8, 4) is 0 Å². The molecular formula is C16H16F3N5O. The summed E-state index contributed by atoms with van der Waals surface area (Å²) in [7, 11) is 1.87. The van der Waals surface area contributed by atoms with Crippen LogP contribution >= 0.6 is 0 Å². The second-order valence-electron chi connectivity index (χ2n) is 6.08. The fourth-order valence-electron chi connectivity index (χ4n) is 3.33. The molecule has 2 aromatic heterocycles. The zero-order valence-electron chi connectivity index (χ0n) is 13.4. The molecule has 6 nitrogen and oxygen atoms in total. The summed E-state index contributed by atoms with van der Waals surface area (Å²) in [6, 6.07) is 4.10. The number of furan rings is 1. The van der Waals surface area contributed by atoms with Gasteiger partial charge in [0.15, 0.2) is 11.4 Å². The van der Waals surface area contributed by atoms with Crippen LogP contribution in [-0.2, 0) is 6.18 Å². The molecule has 3 heterocycles. The molecule has 1 unspecified atom stereocenters. The Labute approximate surface area is 140 Å². The molecule has 0 saturated carbocycles. The second kappa shape index (κ2) is 5.48. The monoisotopic (exact) mass is 351 g/mol. The first kappa shape index (κ1) is 15.9. The summed E-state index contributed by atoms with van der Waals surface area (Å²) in [5.41, 5.74) is 5.44. The number of fused-ring (bicyclic) bond motifs is 3. The van der Waals surface area contributed by atoms with Gasteiger partial charge in [0.2, 0.25) is 5.95 Å². The Morgan fingerprint density at radius 2 is 2.12 bits per heavy atom. The Bertz CT molecular complexity index is 952. The van der Waals surface area contributed by atoms with E-state index in [0.29, 0.717) is 18.9 Å². The fourth-order valence-corrected chi connectivity index (χ4v) is 3.33. The lowest BCUT2D eigenvalue weighted by Crippen LogP contribution is -2.30. The highest BCUT2D eigenvalue weighted by molar-refractivity contribution is 6.08. The molecule has 25 heavy (non-hydrogen) atoms. The molecule has 3 aromatic rings. The number of alkyl halides is 3. The number of anilines is 2. The van der Waals surface area contributed by atoms with Crippen molar-refractivity contribution in [3.63, 3.8) is 0 Å². The number of benzene rings is 1. The van der Waals surface area contributed by atoms with Crippen LogP contribution in [0.4, 0.5) is 24.9 Å². The van der Waals surface area contributed by atoms with Gasteiger partial charge in [0.1, 0.15) is 11.1 Å². The van der Waals surface area contributed by atoms with Gasteiger partial charge in [-0.15, -0.1) is 0 Å². The lowest BCUT2D eigenvalue weighted by molar-refractivity contribution is -0.136. The number of halogens is 3. The van der Waals surface area contributed by atoms with Crippen molar-refractivity contribution < 1.29 is 17.6 Å². The normalized spacial score (nSPS) is 18.6. The van der Waals surface area contributed by atoms with Gasteiger partial charge in [-0.05, 0) is 25.6 Å². The number of rotatable bonds is 2. The van der Waals surface area contributed by atoms with Crippen LogP contribution in [0.25, 0.3) is 22.1 Å². The number of likely N-dealkylation sites (N-methyl/N-ethyl adjacent to an activating group) is 1. The number of hydrogen-bond acceptors (Lipinski definition) is 6. The molecule has 132 valence electrons. The first-order valence-corrected chi connectivity index (χ1v) is 7.86. The van der Waals surface area contributed by atoms with E-state index in [1.165, 1.54) is 12.1 Å². The Hall–Kier alpha value is -2.55. The molecule has 9 heteroatoms. The molecule has 4 rings (SSSR count). The summed E-state index contributed by atoms with van der Waals surface area (Å²) in [5, 5.41) is 3.11. The van der Waals surface area contributed by atoms with E-state index in [1.807, 2.05) is 11.9 Å². The Morgan fingerprint density at radius 3 is 2.80 bits per heavy atom. The van der Waals surface area contributed by atoms with Crippen LogP contribution in [-0.4, -0.2) is 36.1 Å². The number of nitrogens with two attached hydrogens (primary N) is 1. The van der Waals surface area contributed by atoms with Crippen LogP contribution in [0.1, 0.15) is 12.0 Å². The molecule has 1 aromatic carbocycles. The smallest absolute Gasteiger partial charge is 0.417 e. The van der Waals surface area contributed by atoms with Crippen LogP contribution < -0.4 is 16.0 Å². The maximum absolute atomic E-state index is 13.4. The molecule has 1 aliphatic heterocycles. The van der Waals surface area contributed by atoms with E-state index in [1.54, 1.807) is 0 Å². The Kier molecular flexibility index (Phi) is 3.50. The summed E-state index contributed by atoms with van der Waals surface area (Å²) in [6.07, 6.45) is -3.61. The standard InChI is InChI=1S/C16H16F3N5O/c1-21-8-5-6-24(7-8)14-13-12(22-15(20)23-14)11-9(16(17,18)19)3-2-4-10(11)25-13/h2-4,8,21H,5-7H2,1H3,(H2,20,22,23). The molecule has 0 radical (unpaired) electrons. The SMILES string of the molecule is CNC1CCN(c2nc(N)nc3c2oc2cccc(C(F)(F)F)c23)C1. The largest absolute Gasteiger partial charge is 0.450 e. The van der Waals surface area contributed by atoms with E-state index in [-0.39, 0.29) is 34.1 Å². The predicted octanol–water partition coefficient (Wildman–Crippen LogP) is 2.78. The van der Waals surface area contributed by atoms with Crippen LogP contribution in [0.2, 0.25) is 0 Å². The average molecular weight is 351 g/mol. The minimum absolute atomic E-state index is 0.0740. The maximum atomic E-state index is 13.4. The van der Waals surface area contributed by atoms with Gasteiger partial charge in [0.05, 0.1) is 10.9 Å². The van der Waals surface area contributed by atoms with E-state index >= 15 is 0 Å². The zero-order valence-corrected chi connectivity index (χ0v) is 13.4. The minimum atomic E-state index is -4.51. The van der Waals surface area contributed by atoms with Gasteiger partial charge in [-0.1, -0.05) is 6.07 Å².